The maximum Gasteiger partial charge on any atom is 0.261 e. The molecule has 118 valence electrons. The van der Waals surface area contributed by atoms with Gasteiger partial charge in [0.05, 0.1) is 17.2 Å². The van der Waals surface area contributed by atoms with E-state index in [1.807, 2.05) is 13.0 Å². The number of nitrogens with two attached hydrogens (primary N) is 1. The molecule has 1 aromatic heterocycles. The molecule has 0 aliphatic rings. The smallest absolute Gasteiger partial charge is 0.261 e. The van der Waals surface area contributed by atoms with E-state index in [0.29, 0.717) is 30.5 Å². The molecule has 7 heteroatoms. The lowest BCUT2D eigenvalue weighted by molar-refractivity contribution is -0.121. The second-order valence-electron chi connectivity index (χ2n) is 5.30. The molecule has 0 aliphatic heterocycles. The van der Waals surface area contributed by atoms with Crippen LogP contribution in [0.15, 0.2) is 33.8 Å². The number of halogens is 1. The van der Waals surface area contributed by atoms with Crippen LogP contribution in [0.5, 0.6) is 0 Å². The van der Waals surface area contributed by atoms with E-state index in [1.165, 1.54) is 10.9 Å². The first-order valence-corrected chi connectivity index (χ1v) is 7.92. The van der Waals surface area contributed by atoms with Crippen molar-refractivity contribution < 1.29 is 4.79 Å². The molecule has 0 aliphatic carbocycles. The quantitative estimate of drug-likeness (QED) is 0.805. The number of nitrogens with zero attached hydrogens (tertiary/aromatic N) is 2. The Morgan fingerprint density at radius 3 is 3.00 bits per heavy atom. The molecule has 0 spiro atoms. The van der Waals surface area contributed by atoms with Gasteiger partial charge in [0.25, 0.3) is 5.56 Å². The molecule has 22 heavy (non-hydrogen) atoms. The van der Waals surface area contributed by atoms with Crippen molar-refractivity contribution in [2.45, 2.75) is 19.9 Å². The van der Waals surface area contributed by atoms with Crippen LogP contribution in [-0.4, -0.2) is 28.5 Å². The predicted molar refractivity (Wildman–Crippen MR) is 89.5 cm³/mol. The van der Waals surface area contributed by atoms with Crippen molar-refractivity contribution in [1.29, 1.82) is 0 Å². The zero-order valence-electron chi connectivity index (χ0n) is 12.4. The normalized spacial score (nSPS) is 12.3. The number of nitrogens with one attached hydrogen (secondary N) is 1. The summed E-state index contributed by atoms with van der Waals surface area (Å²) >= 11 is 3.34. The summed E-state index contributed by atoms with van der Waals surface area (Å²) in [6.07, 6.45) is 1.72. The maximum atomic E-state index is 12.4. The summed E-state index contributed by atoms with van der Waals surface area (Å²) in [6.45, 7) is 3.35. The van der Waals surface area contributed by atoms with Gasteiger partial charge in [-0.2, -0.15) is 0 Å². The number of carbonyl (C=O) groups excluding carboxylic acids is 1. The van der Waals surface area contributed by atoms with Gasteiger partial charge in [-0.3, -0.25) is 14.2 Å². The van der Waals surface area contributed by atoms with Crippen LogP contribution in [0, 0.1) is 5.92 Å². The van der Waals surface area contributed by atoms with Crippen LogP contribution in [-0.2, 0) is 11.3 Å². The molecule has 1 aromatic carbocycles. The topological polar surface area (TPSA) is 90.0 Å². The average Bonchev–Trinajstić information content (AvgIpc) is 2.52. The van der Waals surface area contributed by atoms with Crippen LogP contribution >= 0.6 is 15.9 Å². The number of hydrogen-bond donors (Lipinski definition) is 2. The third-order valence-corrected chi connectivity index (χ3v) is 3.91. The van der Waals surface area contributed by atoms with Gasteiger partial charge in [-0.15, -0.1) is 0 Å². The van der Waals surface area contributed by atoms with Crippen molar-refractivity contribution >= 4 is 32.7 Å². The number of carbonyl (C=O) groups is 1. The molecular weight excluding hydrogens is 348 g/mol. The number of rotatable bonds is 6. The first-order valence-electron chi connectivity index (χ1n) is 7.12. The van der Waals surface area contributed by atoms with E-state index < -0.39 is 0 Å². The van der Waals surface area contributed by atoms with Gasteiger partial charge in [-0.25, -0.2) is 4.98 Å². The van der Waals surface area contributed by atoms with Gasteiger partial charge in [-0.05, 0) is 30.7 Å². The van der Waals surface area contributed by atoms with E-state index in [1.54, 1.807) is 12.1 Å². The lowest BCUT2D eigenvalue weighted by atomic mass is 10.2. The molecule has 0 fully saturated rings. The molecule has 0 bridgehead atoms. The van der Waals surface area contributed by atoms with Crippen LogP contribution < -0.4 is 16.6 Å². The number of amides is 1. The second kappa shape index (κ2) is 7.51. The Bertz CT molecular complexity index is 729. The maximum absolute atomic E-state index is 12.4. The molecular formula is C15H19BrN4O2. The number of hydrogen-bond acceptors (Lipinski definition) is 4. The lowest BCUT2D eigenvalue weighted by Crippen LogP contribution is -2.32. The minimum Gasteiger partial charge on any atom is -0.356 e. The van der Waals surface area contributed by atoms with E-state index in [2.05, 4.69) is 26.2 Å². The van der Waals surface area contributed by atoms with E-state index in [-0.39, 0.29) is 23.8 Å². The zero-order chi connectivity index (χ0) is 16.1. The molecule has 1 heterocycles. The summed E-state index contributed by atoms with van der Waals surface area (Å²) in [4.78, 5) is 28.4. The monoisotopic (exact) mass is 366 g/mol. The molecule has 1 atom stereocenters. The Labute approximate surface area is 136 Å². The number of aromatic nitrogens is 2. The summed E-state index contributed by atoms with van der Waals surface area (Å²) in [6, 6.07) is 5.36. The second-order valence-corrected chi connectivity index (χ2v) is 6.22. The van der Waals surface area contributed by atoms with Gasteiger partial charge < -0.3 is 11.1 Å². The molecule has 0 radical (unpaired) electrons. The molecule has 1 unspecified atom stereocenters. The Hall–Kier alpha value is -1.73. The van der Waals surface area contributed by atoms with Gasteiger partial charge in [0.1, 0.15) is 0 Å². The van der Waals surface area contributed by atoms with E-state index in [9.17, 15) is 9.59 Å². The van der Waals surface area contributed by atoms with E-state index >= 15 is 0 Å². The van der Waals surface area contributed by atoms with Crippen LogP contribution in [0.2, 0.25) is 0 Å². The van der Waals surface area contributed by atoms with E-state index in [0.717, 1.165) is 4.47 Å². The van der Waals surface area contributed by atoms with Crippen molar-refractivity contribution in [3.8, 4) is 0 Å². The highest BCUT2D eigenvalue weighted by Gasteiger charge is 2.08. The van der Waals surface area contributed by atoms with Gasteiger partial charge in [-0.1, -0.05) is 22.9 Å². The van der Waals surface area contributed by atoms with Crippen molar-refractivity contribution in [2.75, 3.05) is 13.1 Å². The molecule has 0 saturated heterocycles. The third-order valence-electron chi connectivity index (χ3n) is 3.42. The lowest BCUT2D eigenvalue weighted by Gasteiger charge is -2.11. The molecule has 2 aromatic rings. The molecule has 3 N–H and O–H groups in total. The molecule has 2 rings (SSSR count). The standard InChI is InChI=1S/C15H19BrN4O2/c1-10(7-17)8-18-14(21)4-5-20-9-19-13-3-2-11(16)6-12(13)15(20)22/h2-3,6,9-10H,4-5,7-8,17H2,1H3,(H,18,21). The Kier molecular flexibility index (Phi) is 5.68. The largest absolute Gasteiger partial charge is 0.356 e. The fourth-order valence-electron chi connectivity index (χ4n) is 1.97. The summed E-state index contributed by atoms with van der Waals surface area (Å²) in [7, 11) is 0. The van der Waals surface area contributed by atoms with Crippen LogP contribution in [0.25, 0.3) is 10.9 Å². The Morgan fingerprint density at radius 2 is 2.27 bits per heavy atom. The summed E-state index contributed by atoms with van der Waals surface area (Å²) in [5.74, 6) is 0.146. The number of benzene rings is 1. The SMILES string of the molecule is CC(CN)CNC(=O)CCn1cnc2ccc(Br)cc2c1=O. The highest BCUT2D eigenvalue weighted by atomic mass is 79.9. The Morgan fingerprint density at radius 1 is 1.50 bits per heavy atom. The average molecular weight is 367 g/mol. The Balaban J connectivity index is 2.04. The van der Waals surface area contributed by atoms with Gasteiger partial charge in [0, 0.05) is 24.0 Å². The highest BCUT2D eigenvalue weighted by Crippen LogP contribution is 2.14. The fraction of sp³-hybridized carbons (Fsp3) is 0.400. The zero-order valence-corrected chi connectivity index (χ0v) is 14.0. The van der Waals surface area contributed by atoms with Crippen molar-refractivity contribution in [3.05, 3.63) is 39.4 Å². The van der Waals surface area contributed by atoms with Gasteiger partial charge in [0.15, 0.2) is 0 Å². The minimum absolute atomic E-state index is 0.0958. The summed E-state index contributed by atoms with van der Waals surface area (Å²) in [5.41, 5.74) is 6.00. The fourth-order valence-corrected chi connectivity index (χ4v) is 2.33. The van der Waals surface area contributed by atoms with Gasteiger partial charge >= 0.3 is 0 Å². The van der Waals surface area contributed by atoms with Gasteiger partial charge in [0.2, 0.25) is 5.91 Å². The third kappa shape index (κ3) is 4.14. The predicted octanol–water partition coefficient (Wildman–Crippen LogP) is 1.26. The van der Waals surface area contributed by atoms with Crippen molar-refractivity contribution in [2.24, 2.45) is 11.7 Å². The van der Waals surface area contributed by atoms with Crippen molar-refractivity contribution in [3.63, 3.8) is 0 Å². The van der Waals surface area contributed by atoms with Crippen LogP contribution in [0.3, 0.4) is 0 Å². The summed E-state index contributed by atoms with van der Waals surface area (Å²) < 4.78 is 2.28. The molecule has 0 saturated carbocycles. The highest BCUT2D eigenvalue weighted by molar-refractivity contribution is 9.10. The first kappa shape index (κ1) is 16.6. The van der Waals surface area contributed by atoms with Crippen LogP contribution in [0.1, 0.15) is 13.3 Å². The minimum atomic E-state index is -0.144. The number of fused-ring (bicyclic) bond motifs is 1. The summed E-state index contributed by atoms with van der Waals surface area (Å²) in [5, 5.41) is 3.34. The first-order chi connectivity index (χ1) is 10.5. The van der Waals surface area contributed by atoms with Crippen LogP contribution in [0.4, 0.5) is 0 Å². The van der Waals surface area contributed by atoms with E-state index in [4.69, 9.17) is 5.73 Å². The van der Waals surface area contributed by atoms with Crippen molar-refractivity contribution in [1.82, 2.24) is 14.9 Å². The molecule has 6 nitrogen and oxygen atoms in total. The molecule has 1 amide bonds. The number of aryl methyl sites for hydroxylation is 1.